The second-order valence-electron chi connectivity index (χ2n) is 5.75. The number of ether oxygens (including phenoxy) is 1. The number of nitrogens with zero attached hydrogens (tertiary/aromatic N) is 1. The average Bonchev–Trinajstić information content (AvgIpc) is 3.14. The fourth-order valence-electron chi connectivity index (χ4n) is 2.94. The van der Waals surface area contributed by atoms with Gasteiger partial charge < -0.3 is 4.74 Å². The summed E-state index contributed by atoms with van der Waals surface area (Å²) in [6, 6.07) is 11.4. The van der Waals surface area contributed by atoms with Crippen LogP contribution in [0.5, 0.6) is 0 Å². The van der Waals surface area contributed by atoms with Crippen LogP contribution in [0, 0.1) is 19.7 Å². The molecule has 0 fully saturated rings. The van der Waals surface area contributed by atoms with E-state index in [4.69, 9.17) is 4.74 Å². The first kappa shape index (κ1) is 21.9. The van der Waals surface area contributed by atoms with E-state index in [-0.39, 0.29) is 11.9 Å². The summed E-state index contributed by atoms with van der Waals surface area (Å²) in [4.78, 5) is 4.64. The van der Waals surface area contributed by atoms with E-state index >= 15 is 0 Å². The molecule has 2 nitrogen and oxygen atoms in total. The van der Waals surface area contributed by atoms with E-state index < -0.39 is 0 Å². The molecule has 0 saturated carbocycles. The number of aliphatic imine (C=N–C) groups is 1. The van der Waals surface area contributed by atoms with Crippen LogP contribution < -0.4 is 0 Å². The van der Waals surface area contributed by atoms with Crippen molar-refractivity contribution in [3.05, 3.63) is 70.0 Å². The van der Waals surface area contributed by atoms with Crippen LogP contribution in [-0.2, 0) is 11.2 Å². The molecule has 1 aliphatic rings. The third-order valence-corrected chi connectivity index (χ3v) is 4.13. The van der Waals surface area contributed by atoms with Crippen LogP contribution >= 0.6 is 0 Å². The first-order valence-electron chi connectivity index (χ1n) is 9.65. The Hall–Kier alpha value is -2.16. The summed E-state index contributed by atoms with van der Waals surface area (Å²) < 4.78 is 19.8. The summed E-state index contributed by atoms with van der Waals surface area (Å²) in [7, 11) is 0. The highest BCUT2D eigenvalue weighted by Gasteiger charge is 2.26. The highest BCUT2D eigenvalue weighted by molar-refractivity contribution is 5.96. The first-order chi connectivity index (χ1) is 12.6. The lowest BCUT2D eigenvalue weighted by Gasteiger charge is -2.11. The lowest BCUT2D eigenvalue weighted by atomic mass is 9.97. The molecule has 0 spiro atoms. The SMILES string of the molecule is CC.CC.CCc1cc(C)ccc1C1COC(c2c(C)cccc2F)=N1. The Labute approximate surface area is 158 Å². The van der Waals surface area contributed by atoms with Gasteiger partial charge >= 0.3 is 0 Å². The van der Waals surface area contributed by atoms with Gasteiger partial charge in [0.15, 0.2) is 0 Å². The molecule has 2 aromatic rings. The molecule has 2 aromatic carbocycles. The highest BCUT2D eigenvalue weighted by Crippen LogP contribution is 2.30. The van der Waals surface area contributed by atoms with Crippen LogP contribution in [0.4, 0.5) is 4.39 Å². The van der Waals surface area contributed by atoms with E-state index in [2.05, 4.69) is 37.0 Å². The maximum absolute atomic E-state index is 14.1. The monoisotopic (exact) mass is 357 g/mol. The van der Waals surface area contributed by atoms with Gasteiger partial charge in [-0.15, -0.1) is 0 Å². The zero-order valence-corrected chi connectivity index (χ0v) is 17.2. The molecule has 0 aromatic heterocycles. The maximum atomic E-state index is 14.1. The van der Waals surface area contributed by atoms with E-state index in [9.17, 15) is 4.39 Å². The van der Waals surface area contributed by atoms with Gasteiger partial charge in [-0.1, -0.05) is 70.5 Å². The average molecular weight is 358 g/mol. The molecule has 0 aliphatic carbocycles. The molecule has 0 amide bonds. The molecule has 0 radical (unpaired) electrons. The third kappa shape index (κ3) is 4.94. The standard InChI is InChI=1S/C19H20FNO.2C2H6/c1-4-14-10-12(2)8-9-15(14)17-11-22-19(21-17)18-13(3)6-5-7-16(18)20;2*1-2/h5-10,17H,4,11H2,1-3H3;2*1-2H3. The van der Waals surface area contributed by atoms with Gasteiger partial charge in [-0.3, -0.25) is 0 Å². The Morgan fingerprint density at radius 2 is 1.77 bits per heavy atom. The summed E-state index contributed by atoms with van der Waals surface area (Å²) in [5.41, 5.74) is 5.03. The van der Waals surface area contributed by atoms with Crippen molar-refractivity contribution in [2.24, 2.45) is 4.99 Å². The van der Waals surface area contributed by atoms with Gasteiger partial charge in [0.25, 0.3) is 0 Å². The molecule has 1 heterocycles. The Morgan fingerprint density at radius 1 is 1.08 bits per heavy atom. The summed E-state index contributed by atoms with van der Waals surface area (Å²) in [6.07, 6.45) is 0.955. The first-order valence-corrected chi connectivity index (χ1v) is 9.65. The van der Waals surface area contributed by atoms with E-state index in [0.717, 1.165) is 12.0 Å². The van der Waals surface area contributed by atoms with Crippen LogP contribution in [0.2, 0.25) is 0 Å². The quantitative estimate of drug-likeness (QED) is 0.608. The number of hydrogen-bond acceptors (Lipinski definition) is 2. The third-order valence-electron chi connectivity index (χ3n) is 4.13. The van der Waals surface area contributed by atoms with E-state index in [1.165, 1.54) is 22.8 Å². The van der Waals surface area contributed by atoms with Gasteiger partial charge in [0, 0.05) is 0 Å². The summed E-state index contributed by atoms with van der Waals surface area (Å²) in [6.45, 7) is 14.6. The maximum Gasteiger partial charge on any atom is 0.220 e. The van der Waals surface area contributed by atoms with Crippen LogP contribution in [0.1, 0.15) is 68.5 Å². The number of rotatable bonds is 3. The Bertz CT molecular complexity index is 717. The van der Waals surface area contributed by atoms with Crippen molar-refractivity contribution in [1.29, 1.82) is 0 Å². The Kier molecular flexibility index (Phi) is 9.04. The van der Waals surface area contributed by atoms with Gasteiger partial charge in [-0.2, -0.15) is 0 Å². The van der Waals surface area contributed by atoms with Crippen molar-refractivity contribution < 1.29 is 9.13 Å². The Balaban J connectivity index is 0.000000791. The second-order valence-corrected chi connectivity index (χ2v) is 5.75. The minimum absolute atomic E-state index is 0.0513. The predicted octanol–water partition coefficient (Wildman–Crippen LogP) is 6.58. The second kappa shape index (κ2) is 10.7. The van der Waals surface area contributed by atoms with Crippen molar-refractivity contribution in [3.8, 4) is 0 Å². The van der Waals surface area contributed by atoms with Crippen molar-refractivity contribution in [2.75, 3.05) is 6.61 Å². The van der Waals surface area contributed by atoms with Gasteiger partial charge in [0.2, 0.25) is 5.90 Å². The normalized spacial score (nSPS) is 15.1. The van der Waals surface area contributed by atoms with E-state index in [1.807, 2.05) is 40.7 Å². The van der Waals surface area contributed by atoms with E-state index in [0.29, 0.717) is 18.1 Å². The lowest BCUT2D eigenvalue weighted by Crippen LogP contribution is -2.06. The number of aryl methyl sites for hydroxylation is 3. The van der Waals surface area contributed by atoms with Gasteiger partial charge in [0.05, 0.1) is 5.56 Å². The molecule has 1 atom stereocenters. The molecular weight excluding hydrogens is 325 g/mol. The molecule has 3 heteroatoms. The van der Waals surface area contributed by atoms with Crippen LogP contribution in [0.3, 0.4) is 0 Å². The predicted molar refractivity (Wildman–Crippen MR) is 110 cm³/mol. The topological polar surface area (TPSA) is 21.6 Å². The Morgan fingerprint density at radius 3 is 2.38 bits per heavy atom. The van der Waals surface area contributed by atoms with Gasteiger partial charge in [-0.25, -0.2) is 9.38 Å². The van der Waals surface area contributed by atoms with Crippen molar-refractivity contribution >= 4 is 5.90 Å². The van der Waals surface area contributed by atoms with Crippen LogP contribution in [0.25, 0.3) is 0 Å². The lowest BCUT2D eigenvalue weighted by molar-refractivity contribution is 0.318. The molecule has 142 valence electrons. The van der Waals surface area contributed by atoms with Crippen LogP contribution in [0.15, 0.2) is 41.4 Å². The van der Waals surface area contributed by atoms with Gasteiger partial charge in [-0.05, 0) is 43.0 Å². The number of benzene rings is 2. The minimum atomic E-state index is -0.279. The number of halogens is 1. The fourth-order valence-corrected chi connectivity index (χ4v) is 2.94. The summed E-state index contributed by atoms with van der Waals surface area (Å²) in [5.74, 6) is 0.141. The zero-order chi connectivity index (χ0) is 19.7. The largest absolute Gasteiger partial charge is 0.475 e. The van der Waals surface area contributed by atoms with E-state index in [1.54, 1.807) is 6.07 Å². The molecule has 0 N–H and O–H groups in total. The van der Waals surface area contributed by atoms with Crippen molar-refractivity contribution in [3.63, 3.8) is 0 Å². The van der Waals surface area contributed by atoms with Crippen LogP contribution in [-0.4, -0.2) is 12.5 Å². The number of hydrogen-bond donors (Lipinski definition) is 0. The molecule has 3 rings (SSSR count). The molecule has 1 aliphatic heterocycles. The zero-order valence-electron chi connectivity index (χ0n) is 17.2. The molecular formula is C23H32FNO. The molecule has 1 unspecified atom stereocenters. The fraction of sp³-hybridized carbons (Fsp3) is 0.435. The van der Waals surface area contributed by atoms with Crippen molar-refractivity contribution in [1.82, 2.24) is 0 Å². The minimum Gasteiger partial charge on any atom is -0.475 e. The highest BCUT2D eigenvalue weighted by atomic mass is 19.1. The molecule has 26 heavy (non-hydrogen) atoms. The van der Waals surface area contributed by atoms with Crippen molar-refractivity contribution in [2.45, 2.75) is 60.9 Å². The molecule has 0 bridgehead atoms. The summed E-state index contributed by atoms with van der Waals surface area (Å²) in [5, 5.41) is 0. The summed E-state index contributed by atoms with van der Waals surface area (Å²) >= 11 is 0. The smallest absolute Gasteiger partial charge is 0.220 e. The molecule has 0 saturated heterocycles. The van der Waals surface area contributed by atoms with Gasteiger partial charge in [0.1, 0.15) is 18.5 Å².